The van der Waals surface area contributed by atoms with Crippen molar-refractivity contribution in [3.8, 4) is 0 Å². The number of nitrogens with one attached hydrogen (secondary N) is 1. The summed E-state index contributed by atoms with van der Waals surface area (Å²) in [6.45, 7) is 3.79. The lowest BCUT2D eigenvalue weighted by Gasteiger charge is -2.22. The van der Waals surface area contributed by atoms with Gasteiger partial charge in [-0.1, -0.05) is 0 Å². The van der Waals surface area contributed by atoms with Crippen LogP contribution in [0.4, 0.5) is 5.69 Å². The number of aliphatic hydroxyl groups is 1. The molecule has 1 aromatic carbocycles. The molecular formula is C14H22N2O3S. The predicted molar refractivity (Wildman–Crippen MR) is 79.4 cm³/mol. The topological polar surface area (TPSA) is 69.6 Å². The molecule has 0 amide bonds. The second-order valence-corrected chi connectivity index (χ2v) is 6.76. The molecule has 0 aromatic heterocycles. The van der Waals surface area contributed by atoms with Gasteiger partial charge in [-0.2, -0.15) is 0 Å². The maximum atomic E-state index is 12.0. The van der Waals surface area contributed by atoms with Crippen molar-refractivity contribution in [2.24, 2.45) is 0 Å². The first-order chi connectivity index (χ1) is 9.56. The molecule has 112 valence electrons. The standard InChI is InChI=1S/C14H22N2O3S/c1-2-16(10-3-11-17)13-6-8-14(9-7-13)20(18,19)15-12-4-5-12/h6-9,12,15,17H,2-5,10-11H2,1H3. The van der Waals surface area contributed by atoms with Crippen LogP contribution in [0.2, 0.25) is 0 Å². The minimum Gasteiger partial charge on any atom is -0.396 e. The third-order valence-electron chi connectivity index (χ3n) is 3.38. The van der Waals surface area contributed by atoms with E-state index in [1.54, 1.807) is 12.1 Å². The Morgan fingerprint density at radius 3 is 2.45 bits per heavy atom. The van der Waals surface area contributed by atoms with Crippen molar-refractivity contribution in [1.82, 2.24) is 4.72 Å². The Morgan fingerprint density at radius 1 is 1.30 bits per heavy atom. The van der Waals surface area contributed by atoms with Crippen LogP contribution in [0.5, 0.6) is 0 Å². The van der Waals surface area contributed by atoms with Gasteiger partial charge in [0.2, 0.25) is 10.0 Å². The first kappa shape index (κ1) is 15.3. The average Bonchev–Trinajstić information content (AvgIpc) is 3.23. The summed E-state index contributed by atoms with van der Waals surface area (Å²) in [6, 6.07) is 7.05. The predicted octanol–water partition coefficient (Wildman–Crippen LogP) is 1.34. The van der Waals surface area contributed by atoms with Crippen molar-refractivity contribution < 1.29 is 13.5 Å². The molecule has 1 aromatic rings. The monoisotopic (exact) mass is 298 g/mol. The first-order valence-corrected chi connectivity index (χ1v) is 8.53. The summed E-state index contributed by atoms with van der Waals surface area (Å²) in [6.07, 6.45) is 2.57. The summed E-state index contributed by atoms with van der Waals surface area (Å²) in [5, 5.41) is 8.88. The number of nitrogens with zero attached hydrogens (tertiary/aromatic N) is 1. The molecule has 1 saturated carbocycles. The molecule has 1 aliphatic carbocycles. The van der Waals surface area contributed by atoms with Crippen molar-refractivity contribution in [3.63, 3.8) is 0 Å². The molecule has 0 spiro atoms. The zero-order valence-corrected chi connectivity index (χ0v) is 12.6. The molecule has 2 N–H and O–H groups in total. The molecule has 0 aliphatic heterocycles. The van der Waals surface area contributed by atoms with Crippen LogP contribution in [-0.2, 0) is 10.0 Å². The van der Waals surface area contributed by atoms with E-state index < -0.39 is 10.0 Å². The van der Waals surface area contributed by atoms with Crippen LogP contribution < -0.4 is 9.62 Å². The minimum atomic E-state index is -3.37. The molecule has 0 radical (unpaired) electrons. The lowest BCUT2D eigenvalue weighted by Crippen LogP contribution is -2.26. The van der Waals surface area contributed by atoms with E-state index in [1.807, 2.05) is 19.1 Å². The highest BCUT2D eigenvalue weighted by atomic mass is 32.2. The highest BCUT2D eigenvalue weighted by Gasteiger charge is 2.27. The van der Waals surface area contributed by atoms with Gasteiger partial charge in [-0.25, -0.2) is 13.1 Å². The van der Waals surface area contributed by atoms with Crippen LogP contribution in [0.25, 0.3) is 0 Å². The van der Waals surface area contributed by atoms with E-state index in [0.717, 1.165) is 31.6 Å². The van der Waals surface area contributed by atoms with Crippen molar-refractivity contribution in [3.05, 3.63) is 24.3 Å². The van der Waals surface area contributed by atoms with E-state index in [-0.39, 0.29) is 12.6 Å². The van der Waals surface area contributed by atoms with Gasteiger partial charge in [0, 0.05) is 31.4 Å². The Hall–Kier alpha value is -1.11. The molecule has 0 saturated heterocycles. The fourth-order valence-corrected chi connectivity index (χ4v) is 3.36. The van der Waals surface area contributed by atoms with Gasteiger partial charge in [0.15, 0.2) is 0 Å². The molecule has 0 heterocycles. The first-order valence-electron chi connectivity index (χ1n) is 7.05. The summed E-state index contributed by atoms with van der Waals surface area (Å²) in [5.74, 6) is 0. The number of hydrogen-bond acceptors (Lipinski definition) is 4. The van der Waals surface area contributed by atoms with Gasteiger partial charge in [0.25, 0.3) is 0 Å². The summed E-state index contributed by atoms with van der Waals surface area (Å²) in [5.41, 5.74) is 0.978. The van der Waals surface area contributed by atoms with Gasteiger partial charge in [0.05, 0.1) is 4.90 Å². The zero-order chi connectivity index (χ0) is 14.6. The fraction of sp³-hybridized carbons (Fsp3) is 0.571. The van der Waals surface area contributed by atoms with E-state index >= 15 is 0 Å². The molecule has 1 fully saturated rings. The van der Waals surface area contributed by atoms with Crippen LogP contribution >= 0.6 is 0 Å². The molecular weight excluding hydrogens is 276 g/mol. The Kier molecular flexibility index (Phi) is 5.01. The number of benzene rings is 1. The molecule has 0 atom stereocenters. The summed E-state index contributed by atoms with van der Waals surface area (Å²) in [7, 11) is -3.37. The van der Waals surface area contributed by atoms with Gasteiger partial charge in [-0.3, -0.25) is 0 Å². The highest BCUT2D eigenvalue weighted by molar-refractivity contribution is 7.89. The summed E-state index contributed by atoms with van der Waals surface area (Å²) >= 11 is 0. The van der Waals surface area contributed by atoms with Crippen LogP contribution in [-0.4, -0.2) is 39.3 Å². The number of hydrogen-bond donors (Lipinski definition) is 2. The smallest absolute Gasteiger partial charge is 0.240 e. The van der Waals surface area contributed by atoms with Gasteiger partial charge in [-0.05, 0) is 50.5 Å². The Balaban J connectivity index is 2.08. The summed E-state index contributed by atoms with van der Waals surface area (Å²) < 4.78 is 26.8. The maximum absolute atomic E-state index is 12.0. The second-order valence-electron chi connectivity index (χ2n) is 5.05. The normalized spacial score (nSPS) is 15.3. The molecule has 0 unspecified atom stereocenters. The molecule has 5 nitrogen and oxygen atoms in total. The van der Waals surface area contributed by atoms with Crippen molar-refractivity contribution in [2.75, 3.05) is 24.6 Å². The SMILES string of the molecule is CCN(CCCO)c1ccc(S(=O)(=O)NC2CC2)cc1. The second kappa shape index (κ2) is 6.56. The highest BCUT2D eigenvalue weighted by Crippen LogP contribution is 2.23. The molecule has 1 aliphatic rings. The van der Waals surface area contributed by atoms with Gasteiger partial charge >= 0.3 is 0 Å². The number of rotatable bonds is 8. The van der Waals surface area contributed by atoms with Crippen LogP contribution in [0, 0.1) is 0 Å². The Labute approximate surface area is 120 Å². The van der Waals surface area contributed by atoms with Crippen molar-refractivity contribution in [2.45, 2.75) is 37.1 Å². The van der Waals surface area contributed by atoms with E-state index in [0.29, 0.717) is 11.3 Å². The molecule has 2 rings (SSSR count). The van der Waals surface area contributed by atoms with Crippen LogP contribution in [0.1, 0.15) is 26.2 Å². The fourth-order valence-electron chi connectivity index (χ4n) is 2.06. The van der Waals surface area contributed by atoms with Gasteiger partial charge < -0.3 is 10.0 Å². The third kappa shape index (κ3) is 3.94. The van der Waals surface area contributed by atoms with E-state index in [4.69, 9.17) is 5.11 Å². The van der Waals surface area contributed by atoms with Crippen LogP contribution in [0.3, 0.4) is 0 Å². The zero-order valence-electron chi connectivity index (χ0n) is 11.7. The van der Waals surface area contributed by atoms with E-state index in [9.17, 15) is 8.42 Å². The third-order valence-corrected chi connectivity index (χ3v) is 4.92. The maximum Gasteiger partial charge on any atom is 0.240 e. The number of sulfonamides is 1. The van der Waals surface area contributed by atoms with Gasteiger partial charge in [0.1, 0.15) is 0 Å². The lowest BCUT2D eigenvalue weighted by atomic mass is 10.2. The molecule has 20 heavy (non-hydrogen) atoms. The lowest BCUT2D eigenvalue weighted by molar-refractivity contribution is 0.289. The van der Waals surface area contributed by atoms with Crippen LogP contribution in [0.15, 0.2) is 29.2 Å². The Bertz CT molecular complexity index is 524. The minimum absolute atomic E-state index is 0.122. The Morgan fingerprint density at radius 2 is 1.95 bits per heavy atom. The molecule has 0 bridgehead atoms. The van der Waals surface area contributed by atoms with E-state index in [2.05, 4.69) is 9.62 Å². The summed E-state index contributed by atoms with van der Waals surface area (Å²) in [4.78, 5) is 2.42. The van der Waals surface area contributed by atoms with E-state index in [1.165, 1.54) is 0 Å². The average molecular weight is 298 g/mol. The largest absolute Gasteiger partial charge is 0.396 e. The quantitative estimate of drug-likeness (QED) is 0.760. The van der Waals surface area contributed by atoms with Crippen molar-refractivity contribution in [1.29, 1.82) is 0 Å². The number of aliphatic hydroxyl groups excluding tert-OH is 1. The van der Waals surface area contributed by atoms with Crippen molar-refractivity contribution >= 4 is 15.7 Å². The van der Waals surface area contributed by atoms with Gasteiger partial charge in [-0.15, -0.1) is 0 Å². The molecule has 6 heteroatoms. The number of anilines is 1.